The van der Waals surface area contributed by atoms with E-state index in [4.69, 9.17) is 14.3 Å². The molecule has 1 saturated carbocycles. The van der Waals surface area contributed by atoms with Gasteiger partial charge in [0.2, 0.25) is 0 Å². The number of aromatic nitrogens is 1. The number of ether oxygens (including phenoxy) is 2. The Hall–Kier alpha value is -3.35. The molecule has 0 spiro atoms. The standard InChI is InChI=1S/C30H36N2O5/c1-28(2,3)37-27(34)32-22-11-9-8-10-19(22)20-17-21-18(16-23(20)32)12-13-24-29(21,4)15-14-25(31-36-7)30(24,5)26(33)35-6/h8-11,16-17,24H,12-15H2,1-7H3/b31-25+/t24-,29?,30?/m1/s1. The summed E-state index contributed by atoms with van der Waals surface area (Å²) in [7, 11) is 2.96. The van der Waals surface area contributed by atoms with Crippen molar-refractivity contribution >= 4 is 39.6 Å². The Balaban J connectivity index is 1.73. The number of rotatable bonds is 2. The normalized spacial score (nSPS) is 26.6. The molecule has 3 atom stereocenters. The monoisotopic (exact) mass is 504 g/mol. The smallest absolute Gasteiger partial charge is 0.419 e. The fourth-order valence-corrected chi connectivity index (χ4v) is 6.90. The summed E-state index contributed by atoms with van der Waals surface area (Å²) in [4.78, 5) is 31.8. The third-order valence-corrected chi connectivity index (χ3v) is 8.55. The van der Waals surface area contributed by atoms with Crippen molar-refractivity contribution < 1.29 is 23.9 Å². The Labute approximate surface area is 217 Å². The van der Waals surface area contributed by atoms with E-state index in [2.05, 4.69) is 30.3 Å². The summed E-state index contributed by atoms with van der Waals surface area (Å²) in [6, 6.07) is 12.4. The average molecular weight is 505 g/mol. The lowest BCUT2D eigenvalue weighted by molar-refractivity contribution is -0.153. The number of methoxy groups -OCH3 is 1. The number of oxime groups is 1. The first kappa shape index (κ1) is 25.3. The molecule has 0 aliphatic heterocycles. The van der Waals surface area contributed by atoms with Gasteiger partial charge in [0.05, 0.1) is 23.9 Å². The number of hydrogen-bond donors (Lipinski definition) is 0. The van der Waals surface area contributed by atoms with Crippen LogP contribution in [0.1, 0.15) is 65.0 Å². The highest BCUT2D eigenvalue weighted by Crippen LogP contribution is 2.57. The number of hydrogen-bond acceptors (Lipinski definition) is 6. The summed E-state index contributed by atoms with van der Waals surface area (Å²) in [5.41, 5.74) is 3.11. The minimum absolute atomic E-state index is 0.000689. The van der Waals surface area contributed by atoms with Crippen molar-refractivity contribution in [3.63, 3.8) is 0 Å². The lowest BCUT2D eigenvalue weighted by atomic mass is 9.49. The van der Waals surface area contributed by atoms with Crippen LogP contribution >= 0.6 is 0 Å². The Morgan fingerprint density at radius 3 is 2.43 bits per heavy atom. The lowest BCUT2D eigenvalue weighted by Gasteiger charge is -2.54. The van der Waals surface area contributed by atoms with E-state index in [1.807, 2.05) is 45.9 Å². The Morgan fingerprint density at radius 2 is 1.76 bits per heavy atom. The van der Waals surface area contributed by atoms with Gasteiger partial charge < -0.3 is 14.3 Å². The van der Waals surface area contributed by atoms with Crippen LogP contribution in [-0.4, -0.2) is 42.2 Å². The predicted octanol–water partition coefficient (Wildman–Crippen LogP) is 6.37. The molecular formula is C30H36N2O5. The van der Waals surface area contributed by atoms with Gasteiger partial charge in [0.25, 0.3) is 0 Å². The summed E-state index contributed by atoms with van der Waals surface area (Å²) >= 11 is 0. The molecule has 0 radical (unpaired) electrons. The molecule has 1 fully saturated rings. The first-order chi connectivity index (χ1) is 17.5. The molecule has 0 N–H and O–H groups in total. The second-order valence-electron chi connectivity index (χ2n) is 11.8. The van der Waals surface area contributed by atoms with Crippen molar-refractivity contribution in [1.82, 2.24) is 4.57 Å². The number of nitrogens with zero attached hydrogens (tertiary/aromatic N) is 2. The predicted molar refractivity (Wildman–Crippen MR) is 144 cm³/mol. The molecule has 3 aromatic rings. The largest absolute Gasteiger partial charge is 0.468 e. The van der Waals surface area contributed by atoms with Gasteiger partial charge in [-0.2, -0.15) is 0 Å². The SMILES string of the molecule is CO/N=C1\CCC2(C)c3cc4c5ccccc5n(C(=O)OC(C)(C)C)c4cc3CC[C@H]2C1(C)C(=O)OC. The van der Waals surface area contributed by atoms with E-state index < -0.39 is 11.0 Å². The first-order valence-electron chi connectivity index (χ1n) is 12.9. The number of benzene rings is 2. The number of fused-ring (bicyclic) bond motifs is 6. The quantitative estimate of drug-likeness (QED) is 0.299. The van der Waals surface area contributed by atoms with Crippen LogP contribution in [0.4, 0.5) is 4.79 Å². The van der Waals surface area contributed by atoms with Gasteiger partial charge in [0, 0.05) is 10.8 Å². The van der Waals surface area contributed by atoms with Crippen molar-refractivity contribution in [2.45, 2.75) is 71.3 Å². The fourth-order valence-electron chi connectivity index (χ4n) is 6.90. The van der Waals surface area contributed by atoms with Gasteiger partial charge in [-0.3, -0.25) is 4.79 Å². The molecular weight excluding hydrogens is 468 g/mol. The van der Waals surface area contributed by atoms with E-state index >= 15 is 0 Å². The van der Waals surface area contributed by atoms with Gasteiger partial charge in [-0.05, 0) is 94.0 Å². The first-order valence-corrected chi connectivity index (χ1v) is 12.9. The van der Waals surface area contributed by atoms with Crippen molar-refractivity contribution in [2.75, 3.05) is 14.2 Å². The topological polar surface area (TPSA) is 79.1 Å². The summed E-state index contributed by atoms with van der Waals surface area (Å²) in [5, 5.41) is 6.30. The summed E-state index contributed by atoms with van der Waals surface area (Å²) in [5.74, 6) is -0.274. The molecule has 2 unspecified atom stereocenters. The Bertz CT molecular complexity index is 1450. The van der Waals surface area contributed by atoms with E-state index in [9.17, 15) is 9.59 Å². The lowest BCUT2D eigenvalue weighted by Crippen LogP contribution is -2.57. The van der Waals surface area contributed by atoms with Crippen molar-refractivity contribution in [2.24, 2.45) is 16.5 Å². The second kappa shape index (κ2) is 8.61. The van der Waals surface area contributed by atoms with Crippen LogP contribution in [0.5, 0.6) is 0 Å². The molecule has 7 nitrogen and oxygen atoms in total. The molecule has 0 saturated heterocycles. The molecule has 7 heteroatoms. The maximum Gasteiger partial charge on any atom is 0.419 e. The van der Waals surface area contributed by atoms with E-state index in [1.165, 1.54) is 25.3 Å². The molecule has 1 heterocycles. The summed E-state index contributed by atoms with van der Waals surface area (Å²) in [6.07, 6.45) is 2.69. The average Bonchev–Trinajstić information content (AvgIpc) is 3.17. The number of carbonyl (C=O) groups is 2. The molecule has 2 aliphatic rings. The van der Waals surface area contributed by atoms with Crippen LogP contribution in [0.15, 0.2) is 41.6 Å². The number of aryl methyl sites for hydroxylation is 1. The fraction of sp³-hybridized carbons (Fsp3) is 0.500. The minimum Gasteiger partial charge on any atom is -0.468 e. The van der Waals surface area contributed by atoms with Crippen LogP contribution in [-0.2, 0) is 30.9 Å². The minimum atomic E-state index is -0.880. The van der Waals surface area contributed by atoms with Crippen LogP contribution < -0.4 is 0 Å². The third-order valence-electron chi connectivity index (χ3n) is 8.55. The van der Waals surface area contributed by atoms with Gasteiger partial charge in [-0.15, -0.1) is 0 Å². The van der Waals surface area contributed by atoms with Crippen LogP contribution in [0.2, 0.25) is 0 Å². The van der Waals surface area contributed by atoms with Crippen molar-refractivity contribution in [3.8, 4) is 0 Å². The van der Waals surface area contributed by atoms with Gasteiger partial charge in [-0.25, -0.2) is 9.36 Å². The van der Waals surface area contributed by atoms with E-state index in [0.29, 0.717) is 6.42 Å². The summed E-state index contributed by atoms with van der Waals surface area (Å²) < 4.78 is 12.8. The molecule has 2 aromatic carbocycles. The zero-order valence-corrected chi connectivity index (χ0v) is 22.8. The molecule has 0 amide bonds. The van der Waals surface area contributed by atoms with Crippen LogP contribution in [0.25, 0.3) is 21.8 Å². The number of esters is 1. The van der Waals surface area contributed by atoms with Gasteiger partial charge in [0.15, 0.2) is 0 Å². The molecule has 196 valence electrons. The highest BCUT2D eigenvalue weighted by molar-refractivity contribution is 6.13. The van der Waals surface area contributed by atoms with Crippen molar-refractivity contribution in [3.05, 3.63) is 47.5 Å². The molecule has 1 aromatic heterocycles. The van der Waals surface area contributed by atoms with E-state index in [1.54, 1.807) is 4.57 Å². The number of carbonyl (C=O) groups excluding carboxylic acids is 2. The van der Waals surface area contributed by atoms with Crippen LogP contribution in [0.3, 0.4) is 0 Å². The number of para-hydroxylation sites is 1. The second-order valence-corrected chi connectivity index (χ2v) is 11.8. The zero-order chi connectivity index (χ0) is 26.8. The third kappa shape index (κ3) is 3.73. The van der Waals surface area contributed by atoms with E-state index in [-0.39, 0.29) is 23.4 Å². The maximum atomic E-state index is 13.4. The highest BCUT2D eigenvalue weighted by Gasteiger charge is 2.59. The molecule has 0 bridgehead atoms. The maximum absolute atomic E-state index is 13.4. The van der Waals surface area contributed by atoms with Gasteiger partial charge in [0.1, 0.15) is 18.1 Å². The molecule has 2 aliphatic carbocycles. The Morgan fingerprint density at radius 1 is 1.03 bits per heavy atom. The Kier molecular flexibility index (Phi) is 5.89. The summed E-state index contributed by atoms with van der Waals surface area (Å²) in [6.45, 7) is 9.86. The van der Waals surface area contributed by atoms with Crippen LogP contribution in [0, 0.1) is 11.3 Å². The van der Waals surface area contributed by atoms with Crippen molar-refractivity contribution in [1.29, 1.82) is 0 Å². The molecule has 37 heavy (non-hydrogen) atoms. The zero-order valence-electron chi connectivity index (χ0n) is 22.8. The highest BCUT2D eigenvalue weighted by atomic mass is 16.6. The molecule has 5 rings (SSSR count). The van der Waals surface area contributed by atoms with Gasteiger partial charge >= 0.3 is 12.1 Å². The van der Waals surface area contributed by atoms with Gasteiger partial charge in [-0.1, -0.05) is 30.3 Å². The van der Waals surface area contributed by atoms with E-state index in [0.717, 1.165) is 46.8 Å².